The number of non-ortho nitro benzene ring substituents is 1. The van der Waals surface area contributed by atoms with Gasteiger partial charge in [-0.15, -0.1) is 10.2 Å². The summed E-state index contributed by atoms with van der Waals surface area (Å²) < 4.78 is 5.95. The third-order valence-corrected chi connectivity index (χ3v) is 6.64. The lowest BCUT2D eigenvalue weighted by Crippen LogP contribution is -2.29. The Morgan fingerprint density at radius 3 is 2.56 bits per heavy atom. The number of hydrogen-bond donors (Lipinski definition) is 0. The fourth-order valence-electron chi connectivity index (χ4n) is 4.15. The Balaban J connectivity index is 1.73. The van der Waals surface area contributed by atoms with Gasteiger partial charge >= 0.3 is 0 Å². The number of hydrogen-bond acceptors (Lipinski definition) is 8. The molecule has 0 unspecified atom stereocenters. The van der Waals surface area contributed by atoms with Crippen molar-refractivity contribution >= 4 is 39.0 Å². The van der Waals surface area contributed by atoms with Gasteiger partial charge in [-0.2, -0.15) is 0 Å². The van der Waals surface area contributed by atoms with Crippen molar-refractivity contribution in [3.05, 3.63) is 90.3 Å². The van der Waals surface area contributed by atoms with E-state index in [0.29, 0.717) is 34.0 Å². The van der Waals surface area contributed by atoms with Crippen LogP contribution >= 0.6 is 11.3 Å². The van der Waals surface area contributed by atoms with Gasteiger partial charge in [-0.25, -0.2) is 0 Å². The van der Waals surface area contributed by atoms with Crippen molar-refractivity contribution in [2.24, 2.45) is 5.92 Å². The summed E-state index contributed by atoms with van der Waals surface area (Å²) in [4.78, 5) is 39.3. The second-order valence-corrected chi connectivity index (χ2v) is 9.72. The van der Waals surface area contributed by atoms with Crippen molar-refractivity contribution in [2.45, 2.75) is 33.2 Å². The molecule has 0 radical (unpaired) electrons. The largest absolute Gasteiger partial charge is 0.450 e. The quantitative estimate of drug-likeness (QED) is 0.299. The molecule has 3 heterocycles. The van der Waals surface area contributed by atoms with Gasteiger partial charge in [0, 0.05) is 18.6 Å². The van der Waals surface area contributed by atoms with Gasteiger partial charge in [0.15, 0.2) is 5.43 Å². The first-order valence-corrected chi connectivity index (χ1v) is 11.5. The summed E-state index contributed by atoms with van der Waals surface area (Å²) in [6.45, 7) is 6.00. The molecule has 4 aromatic rings. The van der Waals surface area contributed by atoms with E-state index in [4.69, 9.17) is 4.42 Å². The number of fused-ring (bicyclic) bond motifs is 2. The van der Waals surface area contributed by atoms with Crippen LogP contribution in [0, 0.1) is 23.0 Å². The maximum absolute atomic E-state index is 13.6. The summed E-state index contributed by atoms with van der Waals surface area (Å²) in [5, 5.41) is 21.1. The molecule has 0 saturated carbocycles. The Hall–Kier alpha value is -3.92. The molecule has 0 fully saturated rings. The molecule has 0 bridgehead atoms. The highest BCUT2D eigenvalue weighted by Gasteiger charge is 2.45. The second-order valence-electron chi connectivity index (χ2n) is 8.68. The zero-order valence-electron chi connectivity index (χ0n) is 18.6. The average molecular weight is 477 g/mol. The maximum atomic E-state index is 13.6. The number of aromatic nitrogens is 2. The van der Waals surface area contributed by atoms with Crippen LogP contribution in [-0.4, -0.2) is 21.0 Å². The monoisotopic (exact) mass is 476 g/mol. The van der Waals surface area contributed by atoms with E-state index in [1.165, 1.54) is 28.4 Å². The van der Waals surface area contributed by atoms with Crippen molar-refractivity contribution in [3.63, 3.8) is 0 Å². The first-order valence-electron chi connectivity index (χ1n) is 10.7. The second kappa shape index (κ2) is 8.14. The molecule has 1 atom stereocenters. The smallest absolute Gasteiger partial charge is 0.297 e. The fraction of sp³-hybridized carbons (Fsp3) is 0.250. The number of anilines is 1. The molecule has 5 rings (SSSR count). The highest BCUT2D eigenvalue weighted by molar-refractivity contribution is 7.15. The predicted molar refractivity (Wildman–Crippen MR) is 127 cm³/mol. The van der Waals surface area contributed by atoms with Crippen LogP contribution < -0.4 is 10.3 Å². The predicted octanol–water partition coefficient (Wildman–Crippen LogP) is 4.81. The Morgan fingerprint density at radius 2 is 1.88 bits per heavy atom. The number of benzene rings is 2. The molecule has 9 nitrogen and oxygen atoms in total. The number of nitro groups is 1. The SMILES string of the molecule is Cc1ccc2oc3c(c(=O)c2c1)[C@@H](c1ccc([N+](=O)[O-])cc1)N(c1nnc(CC(C)C)s1)C3=O. The molecular weight excluding hydrogens is 456 g/mol. The van der Waals surface area contributed by atoms with E-state index in [9.17, 15) is 19.7 Å². The van der Waals surface area contributed by atoms with Gasteiger partial charge in [0.05, 0.1) is 21.9 Å². The Bertz CT molecular complexity index is 1510. The Morgan fingerprint density at radius 1 is 1.15 bits per heavy atom. The average Bonchev–Trinajstić information content (AvgIpc) is 3.36. The molecule has 0 aliphatic carbocycles. The molecule has 10 heteroatoms. The first kappa shape index (κ1) is 21.9. The molecule has 34 heavy (non-hydrogen) atoms. The molecule has 0 spiro atoms. The van der Waals surface area contributed by atoms with E-state index in [-0.39, 0.29) is 22.4 Å². The standard InChI is InChI=1S/C24H20N4O5S/c1-12(2)10-18-25-26-24(34-18)27-20(14-5-7-15(8-6-14)28(31)32)19-21(29)16-11-13(3)4-9-17(16)33-22(19)23(27)30/h4-9,11-12,20H,10H2,1-3H3/t20-/m1/s1. The molecule has 1 amide bonds. The summed E-state index contributed by atoms with van der Waals surface area (Å²) in [6, 6.07) is 10.2. The molecule has 2 aromatic heterocycles. The molecule has 2 aromatic carbocycles. The van der Waals surface area contributed by atoms with Crippen molar-refractivity contribution in [1.82, 2.24) is 10.2 Å². The van der Waals surface area contributed by atoms with Crippen LogP contribution in [0.5, 0.6) is 0 Å². The van der Waals surface area contributed by atoms with E-state index in [0.717, 1.165) is 10.6 Å². The highest BCUT2D eigenvalue weighted by atomic mass is 32.1. The minimum absolute atomic E-state index is 0.0506. The van der Waals surface area contributed by atoms with Crippen LogP contribution in [-0.2, 0) is 6.42 Å². The van der Waals surface area contributed by atoms with Crippen LogP contribution in [0.4, 0.5) is 10.8 Å². The third-order valence-electron chi connectivity index (χ3n) is 5.69. The molecule has 1 aliphatic heterocycles. The van der Waals surface area contributed by atoms with E-state index in [2.05, 4.69) is 24.0 Å². The van der Waals surface area contributed by atoms with E-state index in [1.807, 2.05) is 13.0 Å². The van der Waals surface area contributed by atoms with Crippen molar-refractivity contribution in [1.29, 1.82) is 0 Å². The Kier molecular flexibility index (Phi) is 5.24. The molecule has 0 N–H and O–H groups in total. The third kappa shape index (κ3) is 3.56. The van der Waals surface area contributed by atoms with Crippen LogP contribution in [0.25, 0.3) is 11.0 Å². The van der Waals surface area contributed by atoms with E-state index < -0.39 is 16.9 Å². The topological polar surface area (TPSA) is 119 Å². The number of nitro benzene ring substituents is 1. The lowest BCUT2D eigenvalue weighted by atomic mass is 9.98. The van der Waals surface area contributed by atoms with Gasteiger partial charge in [-0.05, 0) is 42.7 Å². The molecule has 172 valence electrons. The van der Waals surface area contributed by atoms with Crippen molar-refractivity contribution < 1.29 is 14.1 Å². The summed E-state index contributed by atoms with van der Waals surface area (Å²) >= 11 is 1.28. The maximum Gasteiger partial charge on any atom is 0.297 e. The van der Waals surface area contributed by atoms with Gasteiger partial charge in [0.2, 0.25) is 10.9 Å². The van der Waals surface area contributed by atoms with Crippen LogP contribution in [0.15, 0.2) is 51.7 Å². The number of aryl methyl sites for hydroxylation is 1. The summed E-state index contributed by atoms with van der Waals surface area (Å²) in [7, 11) is 0. The van der Waals surface area contributed by atoms with E-state index >= 15 is 0 Å². The van der Waals surface area contributed by atoms with Gasteiger partial charge in [-0.3, -0.25) is 24.6 Å². The number of rotatable bonds is 5. The zero-order valence-corrected chi connectivity index (χ0v) is 19.5. The number of carbonyl (C=O) groups is 1. The fourth-order valence-corrected chi connectivity index (χ4v) is 5.23. The lowest BCUT2D eigenvalue weighted by Gasteiger charge is -2.22. The minimum Gasteiger partial charge on any atom is -0.450 e. The highest BCUT2D eigenvalue weighted by Crippen LogP contribution is 2.42. The van der Waals surface area contributed by atoms with Gasteiger partial charge in [0.25, 0.3) is 11.6 Å². The van der Waals surface area contributed by atoms with Crippen molar-refractivity contribution in [2.75, 3.05) is 4.90 Å². The summed E-state index contributed by atoms with van der Waals surface area (Å²) in [5.74, 6) is -0.190. The molecule has 1 aliphatic rings. The summed E-state index contributed by atoms with van der Waals surface area (Å²) in [6.07, 6.45) is 0.704. The van der Waals surface area contributed by atoms with Gasteiger partial charge < -0.3 is 4.42 Å². The summed E-state index contributed by atoms with van der Waals surface area (Å²) in [5.41, 5.74) is 1.54. The number of amides is 1. The number of carbonyl (C=O) groups excluding carboxylic acids is 1. The van der Waals surface area contributed by atoms with Gasteiger partial charge in [0.1, 0.15) is 10.6 Å². The van der Waals surface area contributed by atoms with Crippen LogP contribution in [0.1, 0.15) is 52.1 Å². The molecular formula is C24H20N4O5S. The number of nitrogens with zero attached hydrogens (tertiary/aromatic N) is 4. The van der Waals surface area contributed by atoms with Crippen molar-refractivity contribution in [3.8, 4) is 0 Å². The van der Waals surface area contributed by atoms with Gasteiger partial charge in [-0.1, -0.05) is 36.8 Å². The lowest BCUT2D eigenvalue weighted by molar-refractivity contribution is -0.384. The Labute approximate surface area is 197 Å². The normalized spacial score (nSPS) is 15.4. The zero-order chi connectivity index (χ0) is 24.1. The van der Waals surface area contributed by atoms with Crippen LogP contribution in [0.3, 0.4) is 0 Å². The van der Waals surface area contributed by atoms with Crippen LogP contribution in [0.2, 0.25) is 0 Å². The van der Waals surface area contributed by atoms with E-state index in [1.54, 1.807) is 24.3 Å². The minimum atomic E-state index is -0.843. The molecule has 0 saturated heterocycles. The first-order chi connectivity index (χ1) is 16.2.